The number of ether oxygens (including phenoxy) is 1. The van der Waals surface area contributed by atoms with E-state index >= 15 is 0 Å². The van der Waals surface area contributed by atoms with Crippen molar-refractivity contribution in [2.24, 2.45) is 5.73 Å². The lowest BCUT2D eigenvalue weighted by Crippen LogP contribution is -2.45. The molecule has 1 saturated heterocycles. The van der Waals surface area contributed by atoms with Crippen LogP contribution < -0.4 is 5.73 Å². The first kappa shape index (κ1) is 14.6. The lowest BCUT2D eigenvalue weighted by Gasteiger charge is -2.31. The van der Waals surface area contributed by atoms with Crippen LogP contribution in [0.2, 0.25) is 0 Å². The molecule has 2 heterocycles. The summed E-state index contributed by atoms with van der Waals surface area (Å²) in [6, 6.07) is 7.79. The number of morpholine rings is 1. The molecule has 3 rings (SSSR count). The fraction of sp³-hybridized carbons (Fsp3) is 0.429. The molecular weight excluding hydrogens is 336 g/mol. The molecule has 1 aromatic carbocycles. The summed E-state index contributed by atoms with van der Waals surface area (Å²) in [7, 11) is 0. The summed E-state index contributed by atoms with van der Waals surface area (Å²) in [5.74, 6) is 1.14. The topological polar surface area (TPSA) is 77.4 Å². The average Bonchev–Trinajstić information content (AvgIpc) is 2.96. The maximum absolute atomic E-state index is 5.76. The highest BCUT2D eigenvalue weighted by Crippen LogP contribution is 2.26. The monoisotopic (exact) mass is 352 g/mol. The fourth-order valence-corrected chi connectivity index (χ4v) is 2.77. The van der Waals surface area contributed by atoms with Gasteiger partial charge in [-0.15, -0.1) is 10.2 Å². The van der Waals surface area contributed by atoms with Crippen molar-refractivity contribution in [3.63, 3.8) is 0 Å². The number of hydrogen-bond acceptors (Lipinski definition) is 6. The first-order valence-electron chi connectivity index (χ1n) is 6.87. The molecule has 0 aliphatic carbocycles. The Morgan fingerprint density at radius 3 is 3.00 bits per heavy atom. The number of aromatic nitrogens is 2. The van der Waals surface area contributed by atoms with E-state index in [4.69, 9.17) is 14.9 Å². The van der Waals surface area contributed by atoms with E-state index in [1.165, 1.54) is 0 Å². The minimum Gasteiger partial charge on any atom is -0.419 e. The van der Waals surface area contributed by atoms with Crippen LogP contribution in [0.15, 0.2) is 33.2 Å². The van der Waals surface area contributed by atoms with Gasteiger partial charge in [-0.1, -0.05) is 12.1 Å². The van der Waals surface area contributed by atoms with Crippen LogP contribution >= 0.6 is 15.9 Å². The summed E-state index contributed by atoms with van der Waals surface area (Å²) < 4.78 is 12.2. The Balaban J connectivity index is 1.69. The molecule has 2 N–H and O–H groups in total. The van der Waals surface area contributed by atoms with Crippen LogP contribution in [0.4, 0.5) is 0 Å². The molecule has 1 aliphatic heterocycles. The van der Waals surface area contributed by atoms with Gasteiger partial charge in [0.15, 0.2) is 0 Å². The maximum atomic E-state index is 5.76. The Kier molecular flexibility index (Phi) is 4.64. The van der Waals surface area contributed by atoms with Crippen molar-refractivity contribution < 1.29 is 9.15 Å². The van der Waals surface area contributed by atoms with E-state index in [0.717, 1.165) is 23.1 Å². The molecular formula is C14H17BrN4O2. The van der Waals surface area contributed by atoms with Gasteiger partial charge in [0.1, 0.15) is 0 Å². The Morgan fingerprint density at radius 1 is 1.33 bits per heavy atom. The predicted octanol–water partition coefficient (Wildman–Crippen LogP) is 1.66. The van der Waals surface area contributed by atoms with E-state index in [2.05, 4.69) is 31.0 Å². The summed E-state index contributed by atoms with van der Waals surface area (Å²) in [5.41, 5.74) is 6.55. The third-order valence-corrected chi connectivity index (χ3v) is 4.11. The van der Waals surface area contributed by atoms with Crippen LogP contribution in [0.5, 0.6) is 0 Å². The summed E-state index contributed by atoms with van der Waals surface area (Å²) in [6.45, 7) is 3.49. The third kappa shape index (κ3) is 3.49. The minimum atomic E-state index is 0.0874. The number of rotatable bonds is 4. The van der Waals surface area contributed by atoms with Crippen LogP contribution in [0.3, 0.4) is 0 Å². The van der Waals surface area contributed by atoms with Crippen LogP contribution in [0, 0.1) is 0 Å². The lowest BCUT2D eigenvalue weighted by atomic mass is 10.2. The quantitative estimate of drug-likeness (QED) is 0.901. The highest BCUT2D eigenvalue weighted by Gasteiger charge is 2.21. The van der Waals surface area contributed by atoms with Gasteiger partial charge in [0, 0.05) is 24.1 Å². The Labute approximate surface area is 131 Å². The molecule has 1 aromatic heterocycles. The Bertz CT molecular complexity index is 604. The van der Waals surface area contributed by atoms with Gasteiger partial charge in [-0.05, 0) is 28.1 Å². The van der Waals surface area contributed by atoms with Gasteiger partial charge in [0.2, 0.25) is 11.8 Å². The van der Waals surface area contributed by atoms with E-state index in [1.807, 2.05) is 24.3 Å². The summed E-state index contributed by atoms with van der Waals surface area (Å²) >= 11 is 3.49. The molecule has 6 nitrogen and oxygen atoms in total. The first-order valence-corrected chi connectivity index (χ1v) is 7.67. The summed E-state index contributed by atoms with van der Waals surface area (Å²) in [4.78, 5) is 2.22. The van der Waals surface area contributed by atoms with Gasteiger partial charge in [-0.25, -0.2) is 0 Å². The van der Waals surface area contributed by atoms with Gasteiger partial charge < -0.3 is 14.9 Å². The van der Waals surface area contributed by atoms with Crippen molar-refractivity contribution in [1.29, 1.82) is 0 Å². The molecule has 112 valence electrons. The van der Waals surface area contributed by atoms with Gasteiger partial charge in [0.25, 0.3) is 0 Å². The summed E-state index contributed by atoms with van der Waals surface area (Å²) in [5, 5.41) is 8.25. The second-order valence-electron chi connectivity index (χ2n) is 4.94. The zero-order valence-corrected chi connectivity index (χ0v) is 13.1. The van der Waals surface area contributed by atoms with Crippen molar-refractivity contribution >= 4 is 15.9 Å². The molecule has 2 aromatic rings. The molecule has 1 atom stereocenters. The number of nitrogens with zero attached hydrogens (tertiary/aromatic N) is 3. The number of hydrogen-bond donors (Lipinski definition) is 1. The maximum Gasteiger partial charge on any atom is 0.248 e. The minimum absolute atomic E-state index is 0.0874. The average molecular weight is 353 g/mol. The van der Waals surface area contributed by atoms with E-state index in [-0.39, 0.29) is 6.10 Å². The fourth-order valence-electron chi connectivity index (χ4n) is 2.32. The van der Waals surface area contributed by atoms with Crippen molar-refractivity contribution in [1.82, 2.24) is 15.1 Å². The van der Waals surface area contributed by atoms with Crippen molar-refractivity contribution in [3.05, 3.63) is 34.6 Å². The van der Waals surface area contributed by atoms with E-state index < -0.39 is 0 Å². The smallest absolute Gasteiger partial charge is 0.248 e. The zero-order chi connectivity index (χ0) is 14.7. The van der Waals surface area contributed by atoms with E-state index in [1.54, 1.807) is 0 Å². The van der Waals surface area contributed by atoms with Gasteiger partial charge in [-0.3, -0.25) is 4.90 Å². The highest BCUT2D eigenvalue weighted by molar-refractivity contribution is 9.10. The number of benzene rings is 1. The Morgan fingerprint density at radius 2 is 2.19 bits per heavy atom. The van der Waals surface area contributed by atoms with Gasteiger partial charge in [-0.2, -0.15) is 0 Å². The molecule has 0 amide bonds. The molecule has 0 spiro atoms. The standard InChI is InChI=1S/C14H17BrN4O2/c15-12-4-2-1-3-11(12)14-18-17-13(21-14)9-19-5-6-20-10(7-16)8-19/h1-4,10H,5-9,16H2. The molecule has 1 unspecified atom stereocenters. The lowest BCUT2D eigenvalue weighted by molar-refractivity contribution is -0.0283. The Hall–Kier alpha value is -1.28. The molecule has 0 saturated carbocycles. The normalized spacial score (nSPS) is 19.8. The molecule has 7 heteroatoms. The van der Waals surface area contributed by atoms with E-state index in [9.17, 15) is 0 Å². The van der Waals surface area contributed by atoms with E-state index in [0.29, 0.717) is 31.5 Å². The van der Waals surface area contributed by atoms with Crippen LogP contribution in [0.25, 0.3) is 11.5 Å². The van der Waals surface area contributed by atoms with Crippen LogP contribution in [-0.2, 0) is 11.3 Å². The van der Waals surface area contributed by atoms with Gasteiger partial charge in [0.05, 0.1) is 24.8 Å². The molecule has 0 bridgehead atoms. The molecule has 0 radical (unpaired) electrons. The second kappa shape index (κ2) is 6.65. The summed E-state index contributed by atoms with van der Waals surface area (Å²) in [6.07, 6.45) is 0.0874. The second-order valence-corrected chi connectivity index (χ2v) is 5.80. The molecule has 1 aliphatic rings. The van der Waals surface area contributed by atoms with Gasteiger partial charge >= 0.3 is 0 Å². The van der Waals surface area contributed by atoms with Crippen LogP contribution in [-0.4, -0.2) is 47.4 Å². The first-order chi connectivity index (χ1) is 10.3. The largest absolute Gasteiger partial charge is 0.419 e. The van der Waals surface area contributed by atoms with Crippen LogP contribution in [0.1, 0.15) is 5.89 Å². The highest BCUT2D eigenvalue weighted by atomic mass is 79.9. The van der Waals surface area contributed by atoms with Crippen molar-refractivity contribution in [2.75, 3.05) is 26.2 Å². The zero-order valence-electron chi connectivity index (χ0n) is 11.5. The SMILES string of the molecule is NCC1CN(Cc2nnc(-c3ccccc3Br)o2)CCO1. The number of nitrogens with two attached hydrogens (primary N) is 1. The van der Waals surface area contributed by atoms with Crippen molar-refractivity contribution in [3.8, 4) is 11.5 Å². The molecule has 1 fully saturated rings. The third-order valence-electron chi connectivity index (χ3n) is 3.42. The van der Waals surface area contributed by atoms with Crippen molar-refractivity contribution in [2.45, 2.75) is 12.6 Å². The number of halogens is 1. The molecule has 21 heavy (non-hydrogen) atoms. The predicted molar refractivity (Wildman–Crippen MR) is 81.5 cm³/mol.